The summed E-state index contributed by atoms with van der Waals surface area (Å²) in [6, 6.07) is 2.03. The van der Waals surface area contributed by atoms with Gasteiger partial charge in [-0.25, -0.2) is 4.99 Å². The molecule has 0 bridgehead atoms. The van der Waals surface area contributed by atoms with Gasteiger partial charge in [-0.05, 0) is 46.6 Å². The lowest BCUT2D eigenvalue weighted by Gasteiger charge is -2.39. The zero-order chi connectivity index (χ0) is 20.1. The molecule has 3 heterocycles. The number of aryl methyl sites for hydroxylation is 2. The number of rotatable bonds is 5. The second kappa shape index (κ2) is 9.45. The molecule has 1 aromatic heterocycles. The molecule has 1 N–H and O–H groups in total. The van der Waals surface area contributed by atoms with Crippen molar-refractivity contribution in [3.8, 4) is 0 Å². The number of likely N-dealkylation sites (tertiary alicyclic amines) is 1. The minimum Gasteiger partial charge on any atom is -0.466 e. The first-order valence-electron chi connectivity index (χ1n) is 10.6. The van der Waals surface area contributed by atoms with E-state index in [1.54, 1.807) is 0 Å². The molecule has 0 spiro atoms. The van der Waals surface area contributed by atoms with Crippen molar-refractivity contribution in [2.75, 3.05) is 45.8 Å². The van der Waals surface area contributed by atoms with E-state index < -0.39 is 0 Å². The van der Waals surface area contributed by atoms with Crippen LogP contribution in [0.3, 0.4) is 0 Å². The van der Waals surface area contributed by atoms with Crippen molar-refractivity contribution in [2.24, 2.45) is 4.99 Å². The van der Waals surface area contributed by atoms with E-state index in [9.17, 15) is 4.79 Å². The third-order valence-corrected chi connectivity index (χ3v) is 5.81. The van der Waals surface area contributed by atoms with Crippen molar-refractivity contribution in [1.29, 1.82) is 0 Å². The highest BCUT2D eigenvalue weighted by molar-refractivity contribution is 5.82. The molecule has 1 amide bonds. The van der Waals surface area contributed by atoms with Gasteiger partial charge in [-0.2, -0.15) is 0 Å². The molecule has 1 aromatic rings. The van der Waals surface area contributed by atoms with E-state index >= 15 is 0 Å². The Balaban J connectivity index is 1.56. The minimum absolute atomic E-state index is 0.0312. The van der Waals surface area contributed by atoms with Crippen molar-refractivity contribution >= 4 is 11.9 Å². The Bertz CT molecular complexity index is 685. The Morgan fingerprint density at radius 1 is 1.14 bits per heavy atom. The van der Waals surface area contributed by atoms with Gasteiger partial charge in [0.2, 0.25) is 5.91 Å². The number of aliphatic imine (C=N–C) groups is 1. The highest BCUT2D eigenvalue weighted by Crippen LogP contribution is 2.16. The van der Waals surface area contributed by atoms with Crippen LogP contribution in [0, 0.1) is 13.8 Å². The summed E-state index contributed by atoms with van der Waals surface area (Å²) >= 11 is 0. The second-order valence-electron chi connectivity index (χ2n) is 7.84. The predicted octanol–water partition coefficient (Wildman–Crippen LogP) is 1.99. The van der Waals surface area contributed by atoms with Gasteiger partial charge in [0.25, 0.3) is 0 Å². The summed E-state index contributed by atoms with van der Waals surface area (Å²) in [5, 5.41) is 3.41. The average Bonchev–Trinajstić information content (AvgIpc) is 3.34. The first-order chi connectivity index (χ1) is 13.5. The molecular formula is C21H35N5O2. The first kappa shape index (κ1) is 20.7. The maximum Gasteiger partial charge on any atom is 0.239 e. The summed E-state index contributed by atoms with van der Waals surface area (Å²) in [5.41, 5.74) is 1.14. The molecule has 28 heavy (non-hydrogen) atoms. The van der Waals surface area contributed by atoms with Gasteiger partial charge in [0.1, 0.15) is 11.5 Å². The van der Waals surface area contributed by atoms with E-state index in [0.717, 1.165) is 81.7 Å². The van der Waals surface area contributed by atoms with Gasteiger partial charge in [-0.15, -0.1) is 0 Å². The smallest absolute Gasteiger partial charge is 0.239 e. The fourth-order valence-corrected chi connectivity index (χ4v) is 4.11. The Hall–Kier alpha value is -2.02. The maximum atomic E-state index is 12.7. The van der Waals surface area contributed by atoms with E-state index in [1.807, 2.05) is 18.7 Å². The summed E-state index contributed by atoms with van der Waals surface area (Å²) in [5.74, 6) is 3.10. The second-order valence-corrected chi connectivity index (χ2v) is 7.84. The summed E-state index contributed by atoms with van der Waals surface area (Å²) in [6.07, 6.45) is 2.29. The third-order valence-electron chi connectivity index (χ3n) is 5.81. The van der Waals surface area contributed by atoms with Crippen molar-refractivity contribution in [2.45, 2.75) is 53.1 Å². The number of carbonyl (C=O) groups excluding carboxylic acids is 1. The van der Waals surface area contributed by atoms with E-state index in [0.29, 0.717) is 6.54 Å². The van der Waals surface area contributed by atoms with Crippen LogP contribution in [-0.4, -0.2) is 78.4 Å². The summed E-state index contributed by atoms with van der Waals surface area (Å²) in [6.45, 7) is 14.9. The lowest BCUT2D eigenvalue weighted by atomic mass is 10.2. The molecule has 3 rings (SSSR count). The topological polar surface area (TPSA) is 64.3 Å². The number of hydrogen-bond donors (Lipinski definition) is 1. The maximum absolute atomic E-state index is 12.7. The van der Waals surface area contributed by atoms with Crippen LogP contribution in [0.1, 0.15) is 43.8 Å². The van der Waals surface area contributed by atoms with Crippen LogP contribution < -0.4 is 5.32 Å². The van der Waals surface area contributed by atoms with Crippen LogP contribution in [0.2, 0.25) is 0 Å². The fourth-order valence-electron chi connectivity index (χ4n) is 4.11. The monoisotopic (exact) mass is 389 g/mol. The van der Waals surface area contributed by atoms with Crippen LogP contribution in [0.25, 0.3) is 0 Å². The predicted molar refractivity (Wildman–Crippen MR) is 111 cm³/mol. The van der Waals surface area contributed by atoms with Gasteiger partial charge in [0, 0.05) is 51.4 Å². The molecule has 0 aliphatic carbocycles. The normalized spacial score (nSPS) is 19.9. The standard InChI is InChI=1S/C21H35N5O2/c1-5-22-21(23-15-19-14-16(2)28-18(19)4)26-12-10-24(11-13-26)17(3)20(27)25-8-6-7-9-25/h14,17H,5-13,15H2,1-4H3,(H,22,23). The summed E-state index contributed by atoms with van der Waals surface area (Å²) in [7, 11) is 0. The van der Waals surface area contributed by atoms with E-state index in [4.69, 9.17) is 9.41 Å². The molecule has 0 saturated carbocycles. The number of nitrogens with zero attached hydrogens (tertiary/aromatic N) is 4. The van der Waals surface area contributed by atoms with Gasteiger partial charge in [-0.3, -0.25) is 9.69 Å². The van der Waals surface area contributed by atoms with Crippen LogP contribution >= 0.6 is 0 Å². The summed E-state index contributed by atoms with van der Waals surface area (Å²) < 4.78 is 5.61. The van der Waals surface area contributed by atoms with Gasteiger partial charge in [0.05, 0.1) is 12.6 Å². The SMILES string of the molecule is CCNC(=NCc1cc(C)oc1C)N1CCN(C(C)C(=O)N2CCCC2)CC1. The molecule has 7 nitrogen and oxygen atoms in total. The highest BCUT2D eigenvalue weighted by atomic mass is 16.3. The zero-order valence-corrected chi connectivity index (χ0v) is 17.8. The molecule has 156 valence electrons. The van der Waals surface area contributed by atoms with Crippen molar-refractivity contribution < 1.29 is 9.21 Å². The van der Waals surface area contributed by atoms with Crippen molar-refractivity contribution in [3.63, 3.8) is 0 Å². The third kappa shape index (κ3) is 4.87. The Labute approximate surface area is 168 Å². The number of guanidine groups is 1. The highest BCUT2D eigenvalue weighted by Gasteiger charge is 2.30. The number of carbonyl (C=O) groups is 1. The zero-order valence-electron chi connectivity index (χ0n) is 17.8. The minimum atomic E-state index is -0.0312. The lowest BCUT2D eigenvalue weighted by Crippen LogP contribution is -2.57. The van der Waals surface area contributed by atoms with E-state index in [-0.39, 0.29) is 11.9 Å². The molecule has 1 atom stereocenters. The number of hydrogen-bond acceptors (Lipinski definition) is 4. The van der Waals surface area contributed by atoms with Gasteiger partial charge < -0.3 is 19.5 Å². The van der Waals surface area contributed by atoms with Crippen LogP contribution in [0.4, 0.5) is 0 Å². The molecule has 2 fully saturated rings. The van der Waals surface area contributed by atoms with Crippen LogP contribution in [-0.2, 0) is 11.3 Å². The number of nitrogens with one attached hydrogen (secondary N) is 1. The summed E-state index contributed by atoms with van der Waals surface area (Å²) in [4.78, 5) is 24.1. The molecule has 2 saturated heterocycles. The Morgan fingerprint density at radius 3 is 2.39 bits per heavy atom. The quantitative estimate of drug-likeness (QED) is 0.616. The van der Waals surface area contributed by atoms with E-state index in [2.05, 4.69) is 35.0 Å². The van der Waals surface area contributed by atoms with Gasteiger partial charge >= 0.3 is 0 Å². The molecular weight excluding hydrogens is 354 g/mol. The van der Waals surface area contributed by atoms with Gasteiger partial charge in [-0.1, -0.05) is 0 Å². The molecule has 2 aliphatic rings. The number of amides is 1. The van der Waals surface area contributed by atoms with Crippen LogP contribution in [0.5, 0.6) is 0 Å². The average molecular weight is 390 g/mol. The lowest BCUT2D eigenvalue weighted by molar-refractivity contribution is -0.135. The Morgan fingerprint density at radius 2 is 1.82 bits per heavy atom. The molecule has 7 heteroatoms. The van der Waals surface area contributed by atoms with Crippen molar-refractivity contribution in [1.82, 2.24) is 20.0 Å². The molecule has 0 aromatic carbocycles. The largest absolute Gasteiger partial charge is 0.466 e. The van der Waals surface area contributed by atoms with Gasteiger partial charge in [0.15, 0.2) is 5.96 Å². The number of piperazine rings is 1. The molecule has 1 unspecified atom stereocenters. The Kier molecular flexibility index (Phi) is 6.99. The van der Waals surface area contributed by atoms with E-state index in [1.165, 1.54) is 0 Å². The van der Waals surface area contributed by atoms with Crippen molar-refractivity contribution in [3.05, 3.63) is 23.2 Å². The number of furan rings is 1. The molecule has 2 aliphatic heterocycles. The molecule has 0 radical (unpaired) electrons. The first-order valence-corrected chi connectivity index (χ1v) is 10.6. The van der Waals surface area contributed by atoms with Crippen LogP contribution in [0.15, 0.2) is 15.5 Å². The fraction of sp³-hybridized carbons (Fsp3) is 0.714.